The van der Waals surface area contributed by atoms with E-state index in [2.05, 4.69) is 5.32 Å². The summed E-state index contributed by atoms with van der Waals surface area (Å²) in [6.07, 6.45) is 1.51. The van der Waals surface area contributed by atoms with Gasteiger partial charge in [0.15, 0.2) is 0 Å². The van der Waals surface area contributed by atoms with E-state index in [4.69, 9.17) is 4.74 Å². The Labute approximate surface area is 128 Å². The van der Waals surface area contributed by atoms with Gasteiger partial charge in [0.1, 0.15) is 11.8 Å². The molecule has 1 N–H and O–H groups in total. The number of fused-ring (bicyclic) bond motifs is 1. The van der Waals surface area contributed by atoms with E-state index in [0.717, 1.165) is 12.0 Å². The first-order chi connectivity index (χ1) is 10.6. The topological polar surface area (TPSA) is 75.7 Å². The molecule has 1 saturated heterocycles. The van der Waals surface area contributed by atoms with Crippen LogP contribution in [0.15, 0.2) is 18.2 Å². The van der Waals surface area contributed by atoms with Crippen LogP contribution in [0, 0.1) is 0 Å². The van der Waals surface area contributed by atoms with Gasteiger partial charge in [0.2, 0.25) is 11.8 Å². The zero-order valence-electron chi connectivity index (χ0n) is 12.4. The van der Waals surface area contributed by atoms with Crippen molar-refractivity contribution < 1.29 is 19.1 Å². The second-order valence-corrected chi connectivity index (χ2v) is 5.53. The quantitative estimate of drug-likeness (QED) is 0.849. The average Bonchev–Trinajstić information content (AvgIpc) is 2.83. The van der Waals surface area contributed by atoms with Crippen LogP contribution < -0.4 is 10.1 Å². The number of benzene rings is 1. The van der Waals surface area contributed by atoms with Crippen molar-refractivity contribution in [3.05, 3.63) is 29.3 Å². The normalized spacial score (nSPS) is 20.9. The number of nitrogens with one attached hydrogen (secondary N) is 1. The van der Waals surface area contributed by atoms with Gasteiger partial charge in [-0.1, -0.05) is 13.0 Å². The SMILES string of the molecule is CCCOc1cccc2c1CN(C1CCC(=O)NC1=O)C2=O. The van der Waals surface area contributed by atoms with Crippen molar-refractivity contribution in [2.75, 3.05) is 6.61 Å². The predicted molar refractivity (Wildman–Crippen MR) is 78.3 cm³/mol. The lowest BCUT2D eigenvalue weighted by Crippen LogP contribution is -2.52. The number of hydrogen-bond acceptors (Lipinski definition) is 4. The van der Waals surface area contributed by atoms with Gasteiger partial charge in [-0.25, -0.2) is 0 Å². The molecule has 1 unspecified atom stereocenters. The van der Waals surface area contributed by atoms with Crippen LogP contribution in [-0.2, 0) is 16.1 Å². The van der Waals surface area contributed by atoms with Gasteiger partial charge in [0.25, 0.3) is 5.91 Å². The maximum Gasteiger partial charge on any atom is 0.255 e. The van der Waals surface area contributed by atoms with Crippen molar-refractivity contribution in [1.29, 1.82) is 0 Å². The summed E-state index contributed by atoms with van der Waals surface area (Å²) in [5.74, 6) is -0.153. The molecule has 2 aliphatic rings. The predicted octanol–water partition coefficient (Wildman–Crippen LogP) is 1.24. The smallest absolute Gasteiger partial charge is 0.255 e. The number of carbonyl (C=O) groups is 3. The lowest BCUT2D eigenvalue weighted by atomic mass is 10.0. The molecule has 6 heteroatoms. The van der Waals surface area contributed by atoms with Crippen LogP contribution in [0.2, 0.25) is 0 Å². The molecule has 1 aromatic carbocycles. The van der Waals surface area contributed by atoms with E-state index in [-0.39, 0.29) is 18.2 Å². The average molecular weight is 302 g/mol. The molecule has 1 aromatic rings. The molecule has 0 radical (unpaired) electrons. The highest BCUT2D eigenvalue weighted by Gasteiger charge is 2.40. The Balaban J connectivity index is 1.84. The molecule has 116 valence electrons. The minimum Gasteiger partial charge on any atom is -0.493 e. The first-order valence-corrected chi connectivity index (χ1v) is 7.51. The Morgan fingerprint density at radius 2 is 2.14 bits per heavy atom. The maximum absolute atomic E-state index is 12.6. The van der Waals surface area contributed by atoms with E-state index in [9.17, 15) is 14.4 Å². The minimum absolute atomic E-state index is 0.175. The summed E-state index contributed by atoms with van der Waals surface area (Å²) in [6.45, 7) is 2.95. The van der Waals surface area contributed by atoms with Gasteiger partial charge < -0.3 is 9.64 Å². The van der Waals surface area contributed by atoms with Crippen molar-refractivity contribution in [2.45, 2.75) is 38.8 Å². The molecule has 1 atom stereocenters. The summed E-state index contributed by atoms with van der Waals surface area (Å²) in [5.41, 5.74) is 1.41. The van der Waals surface area contributed by atoms with Crippen LogP contribution in [0.4, 0.5) is 0 Å². The highest BCUT2D eigenvalue weighted by Crippen LogP contribution is 2.33. The third kappa shape index (κ3) is 2.45. The largest absolute Gasteiger partial charge is 0.493 e. The Morgan fingerprint density at radius 1 is 1.32 bits per heavy atom. The molecular weight excluding hydrogens is 284 g/mol. The summed E-state index contributed by atoms with van der Waals surface area (Å²) in [6, 6.07) is 4.80. The summed E-state index contributed by atoms with van der Waals surface area (Å²) in [4.78, 5) is 37.3. The van der Waals surface area contributed by atoms with E-state index in [1.807, 2.05) is 13.0 Å². The van der Waals surface area contributed by atoms with Crippen molar-refractivity contribution in [3.63, 3.8) is 0 Å². The number of amides is 3. The van der Waals surface area contributed by atoms with Crippen molar-refractivity contribution >= 4 is 17.7 Å². The van der Waals surface area contributed by atoms with Crippen molar-refractivity contribution in [3.8, 4) is 5.75 Å². The van der Waals surface area contributed by atoms with Crippen LogP contribution in [0.5, 0.6) is 5.75 Å². The monoisotopic (exact) mass is 302 g/mol. The number of imide groups is 1. The van der Waals surface area contributed by atoms with Gasteiger partial charge >= 0.3 is 0 Å². The standard InChI is InChI=1S/C16H18N2O4/c1-2-8-22-13-5-3-4-10-11(13)9-18(16(10)21)12-6-7-14(19)17-15(12)20/h3-5,12H,2,6-9H2,1H3,(H,17,19,20). The molecule has 2 heterocycles. The summed E-state index contributed by atoms with van der Waals surface area (Å²) in [5, 5.41) is 2.30. The zero-order chi connectivity index (χ0) is 15.7. The molecule has 0 aromatic heterocycles. The molecule has 0 spiro atoms. The van der Waals surface area contributed by atoms with Gasteiger partial charge in [0, 0.05) is 17.5 Å². The van der Waals surface area contributed by atoms with Crippen molar-refractivity contribution in [2.24, 2.45) is 0 Å². The van der Waals surface area contributed by atoms with E-state index in [1.165, 1.54) is 4.90 Å². The number of carbonyl (C=O) groups excluding carboxylic acids is 3. The van der Waals surface area contributed by atoms with E-state index >= 15 is 0 Å². The van der Waals surface area contributed by atoms with E-state index in [1.54, 1.807) is 12.1 Å². The number of piperidine rings is 1. The minimum atomic E-state index is -0.586. The molecule has 1 fully saturated rings. The fraction of sp³-hybridized carbons (Fsp3) is 0.438. The van der Waals surface area contributed by atoms with E-state index < -0.39 is 11.9 Å². The van der Waals surface area contributed by atoms with Crippen LogP contribution in [0.1, 0.15) is 42.1 Å². The van der Waals surface area contributed by atoms with Gasteiger partial charge in [0.05, 0.1) is 13.2 Å². The Bertz CT molecular complexity index is 641. The number of hydrogen-bond donors (Lipinski definition) is 1. The lowest BCUT2D eigenvalue weighted by molar-refractivity contribution is -0.136. The molecule has 0 saturated carbocycles. The van der Waals surface area contributed by atoms with Crippen LogP contribution >= 0.6 is 0 Å². The molecule has 2 aliphatic heterocycles. The highest BCUT2D eigenvalue weighted by atomic mass is 16.5. The molecule has 22 heavy (non-hydrogen) atoms. The molecule has 0 bridgehead atoms. The van der Waals surface area contributed by atoms with E-state index in [0.29, 0.717) is 30.9 Å². The second-order valence-electron chi connectivity index (χ2n) is 5.53. The van der Waals surface area contributed by atoms with Crippen LogP contribution in [0.25, 0.3) is 0 Å². The van der Waals surface area contributed by atoms with Gasteiger partial charge in [-0.05, 0) is 25.0 Å². The second kappa shape index (κ2) is 5.79. The Kier molecular flexibility index (Phi) is 3.83. The summed E-state index contributed by atoms with van der Waals surface area (Å²) >= 11 is 0. The number of rotatable bonds is 4. The zero-order valence-corrected chi connectivity index (χ0v) is 12.4. The Hall–Kier alpha value is -2.37. The number of nitrogens with zero attached hydrogens (tertiary/aromatic N) is 1. The molecule has 3 amide bonds. The highest BCUT2D eigenvalue weighted by molar-refractivity contribution is 6.05. The molecule has 0 aliphatic carbocycles. The first kappa shape index (κ1) is 14.6. The fourth-order valence-electron chi connectivity index (χ4n) is 2.90. The van der Waals surface area contributed by atoms with Crippen LogP contribution in [-0.4, -0.2) is 35.3 Å². The van der Waals surface area contributed by atoms with Crippen LogP contribution in [0.3, 0.4) is 0 Å². The first-order valence-electron chi connectivity index (χ1n) is 7.51. The summed E-state index contributed by atoms with van der Waals surface area (Å²) in [7, 11) is 0. The molecule has 6 nitrogen and oxygen atoms in total. The van der Waals surface area contributed by atoms with Crippen molar-refractivity contribution in [1.82, 2.24) is 10.2 Å². The van der Waals surface area contributed by atoms with Gasteiger partial charge in [-0.2, -0.15) is 0 Å². The number of ether oxygens (including phenoxy) is 1. The fourth-order valence-corrected chi connectivity index (χ4v) is 2.90. The third-order valence-corrected chi connectivity index (χ3v) is 4.00. The Morgan fingerprint density at radius 3 is 2.86 bits per heavy atom. The molecular formula is C16H18N2O4. The van der Waals surface area contributed by atoms with Gasteiger partial charge in [-0.3, -0.25) is 19.7 Å². The lowest BCUT2D eigenvalue weighted by Gasteiger charge is -2.29. The van der Waals surface area contributed by atoms with Gasteiger partial charge in [-0.15, -0.1) is 0 Å². The maximum atomic E-state index is 12.6. The molecule has 3 rings (SSSR count). The third-order valence-electron chi connectivity index (χ3n) is 4.00. The summed E-state index contributed by atoms with van der Waals surface area (Å²) < 4.78 is 5.69.